The summed E-state index contributed by atoms with van der Waals surface area (Å²) in [5.74, 6) is -0.645. The molecule has 2 aromatic rings. The maximum atomic E-state index is 11.7. The zero-order valence-electron chi connectivity index (χ0n) is 11.5. The lowest BCUT2D eigenvalue weighted by molar-refractivity contribution is -0.161. The molecule has 0 bridgehead atoms. The van der Waals surface area contributed by atoms with Crippen molar-refractivity contribution in [1.29, 1.82) is 0 Å². The van der Waals surface area contributed by atoms with Gasteiger partial charge < -0.3 is 9.84 Å². The molecule has 1 atom stereocenters. The Morgan fingerprint density at radius 3 is 2.60 bits per heavy atom. The lowest BCUT2D eigenvalue weighted by atomic mass is 9.92. The Morgan fingerprint density at radius 2 is 1.85 bits per heavy atom. The first-order valence-corrected chi connectivity index (χ1v) is 6.56. The number of methoxy groups -OCH3 is 1. The lowest BCUT2D eigenvalue weighted by Gasteiger charge is -2.21. The highest BCUT2D eigenvalue weighted by molar-refractivity contribution is 5.82. The molecule has 0 spiro atoms. The van der Waals surface area contributed by atoms with Gasteiger partial charge in [0.05, 0.1) is 7.11 Å². The lowest BCUT2D eigenvalue weighted by Crippen LogP contribution is -2.33. The van der Waals surface area contributed by atoms with E-state index in [4.69, 9.17) is 0 Å². The van der Waals surface area contributed by atoms with Gasteiger partial charge in [0.1, 0.15) is 0 Å². The first-order valence-electron chi connectivity index (χ1n) is 6.56. The molecule has 0 radical (unpaired) electrons. The molecule has 0 saturated carbocycles. The zero-order chi connectivity index (χ0) is 14.3. The number of aliphatic hydroxyl groups is 1. The van der Waals surface area contributed by atoms with Crippen molar-refractivity contribution < 1.29 is 14.6 Å². The van der Waals surface area contributed by atoms with Crippen LogP contribution in [0.4, 0.5) is 0 Å². The monoisotopic (exact) mass is 268 g/mol. The van der Waals surface area contributed by atoms with Crippen molar-refractivity contribution in [1.82, 2.24) is 0 Å². The molecule has 0 fully saturated rings. The van der Waals surface area contributed by atoms with Crippen molar-refractivity contribution in [3.8, 4) is 11.1 Å². The second kappa shape index (κ2) is 4.46. The highest BCUT2D eigenvalue weighted by atomic mass is 16.5. The Balaban J connectivity index is 2.05. The van der Waals surface area contributed by atoms with Crippen molar-refractivity contribution in [2.24, 2.45) is 0 Å². The second-order valence-electron chi connectivity index (χ2n) is 5.27. The molecule has 3 heteroatoms. The number of hydrogen-bond donors (Lipinski definition) is 1. The minimum absolute atomic E-state index is 0.566. The minimum atomic E-state index is -1.61. The van der Waals surface area contributed by atoms with Crippen LogP contribution in [0.25, 0.3) is 11.1 Å². The summed E-state index contributed by atoms with van der Waals surface area (Å²) in [6, 6.07) is 13.9. The SMILES string of the molecule is COC(=O)C(C)(O)c1ccc2c(c1)Cc1ccccc1-2. The Kier molecular flexibility index (Phi) is 2.87. The number of carbonyl (C=O) groups excluding carboxylic acids is 1. The molecule has 1 aliphatic carbocycles. The van der Waals surface area contributed by atoms with Crippen molar-refractivity contribution in [3.05, 3.63) is 59.2 Å². The summed E-state index contributed by atoms with van der Waals surface area (Å²) in [6.07, 6.45) is 0.830. The van der Waals surface area contributed by atoms with Gasteiger partial charge in [0.2, 0.25) is 0 Å². The predicted molar refractivity (Wildman–Crippen MR) is 76.3 cm³/mol. The molecular formula is C17H16O3. The van der Waals surface area contributed by atoms with Gasteiger partial charge in [-0.1, -0.05) is 42.5 Å². The van der Waals surface area contributed by atoms with Crippen LogP contribution in [0.1, 0.15) is 23.6 Å². The highest BCUT2D eigenvalue weighted by Crippen LogP contribution is 2.38. The van der Waals surface area contributed by atoms with Crippen LogP contribution in [0.2, 0.25) is 0 Å². The molecule has 0 aromatic heterocycles. The highest BCUT2D eigenvalue weighted by Gasteiger charge is 2.34. The van der Waals surface area contributed by atoms with Crippen molar-refractivity contribution >= 4 is 5.97 Å². The number of fused-ring (bicyclic) bond motifs is 3. The van der Waals surface area contributed by atoms with E-state index in [0.717, 1.165) is 12.0 Å². The van der Waals surface area contributed by atoms with Gasteiger partial charge >= 0.3 is 5.97 Å². The fourth-order valence-corrected chi connectivity index (χ4v) is 2.76. The van der Waals surface area contributed by atoms with Gasteiger partial charge in [-0.3, -0.25) is 0 Å². The van der Waals surface area contributed by atoms with Crippen LogP contribution in [-0.4, -0.2) is 18.2 Å². The number of benzene rings is 2. The number of carbonyl (C=O) groups is 1. The predicted octanol–water partition coefficient (Wildman–Crippen LogP) is 2.64. The molecule has 3 nitrogen and oxygen atoms in total. The van der Waals surface area contributed by atoms with Crippen LogP contribution >= 0.6 is 0 Å². The normalized spacial score (nSPS) is 15.2. The van der Waals surface area contributed by atoms with E-state index in [1.54, 1.807) is 6.07 Å². The Bertz CT molecular complexity index is 686. The summed E-state index contributed by atoms with van der Waals surface area (Å²) in [5, 5.41) is 10.3. The van der Waals surface area contributed by atoms with E-state index in [0.29, 0.717) is 5.56 Å². The van der Waals surface area contributed by atoms with Crippen molar-refractivity contribution in [2.45, 2.75) is 18.9 Å². The second-order valence-corrected chi connectivity index (χ2v) is 5.27. The molecular weight excluding hydrogens is 252 g/mol. The molecule has 102 valence electrons. The number of ether oxygens (including phenoxy) is 1. The number of esters is 1. The molecule has 3 rings (SSSR count). The standard InChI is InChI=1S/C17H16O3/c1-17(19,16(18)20-2)13-7-8-15-12(10-13)9-11-5-3-4-6-14(11)15/h3-8,10,19H,9H2,1-2H3. The molecule has 20 heavy (non-hydrogen) atoms. The zero-order valence-corrected chi connectivity index (χ0v) is 11.5. The fourth-order valence-electron chi connectivity index (χ4n) is 2.76. The van der Waals surface area contributed by atoms with E-state index >= 15 is 0 Å². The smallest absolute Gasteiger partial charge is 0.342 e. The summed E-state index contributed by atoms with van der Waals surface area (Å²) in [4.78, 5) is 11.7. The largest absolute Gasteiger partial charge is 0.467 e. The molecule has 1 aliphatic rings. The first kappa shape index (κ1) is 12.9. The maximum absolute atomic E-state index is 11.7. The van der Waals surface area contributed by atoms with E-state index in [2.05, 4.69) is 16.9 Å². The van der Waals surface area contributed by atoms with Crippen LogP contribution in [0, 0.1) is 0 Å². The molecule has 0 heterocycles. The topological polar surface area (TPSA) is 46.5 Å². The Labute approximate surface area is 117 Å². The summed E-state index contributed by atoms with van der Waals surface area (Å²) in [5.41, 5.74) is 3.76. The summed E-state index contributed by atoms with van der Waals surface area (Å²) in [7, 11) is 1.28. The van der Waals surface area contributed by atoms with Crippen LogP contribution < -0.4 is 0 Å². The van der Waals surface area contributed by atoms with Gasteiger partial charge in [-0.25, -0.2) is 4.79 Å². The van der Waals surface area contributed by atoms with Gasteiger partial charge in [-0.2, -0.15) is 0 Å². The summed E-state index contributed by atoms with van der Waals surface area (Å²) < 4.78 is 4.66. The van der Waals surface area contributed by atoms with Gasteiger partial charge in [-0.15, -0.1) is 0 Å². The van der Waals surface area contributed by atoms with E-state index in [1.165, 1.54) is 30.7 Å². The third kappa shape index (κ3) is 1.82. The summed E-state index contributed by atoms with van der Waals surface area (Å²) in [6.45, 7) is 1.46. The van der Waals surface area contributed by atoms with Crippen LogP contribution in [-0.2, 0) is 21.6 Å². The van der Waals surface area contributed by atoms with Gasteiger partial charge in [0.25, 0.3) is 0 Å². The molecule has 0 saturated heterocycles. The summed E-state index contributed by atoms with van der Waals surface area (Å²) >= 11 is 0. The van der Waals surface area contributed by atoms with E-state index < -0.39 is 11.6 Å². The Morgan fingerprint density at radius 1 is 1.15 bits per heavy atom. The van der Waals surface area contributed by atoms with E-state index in [9.17, 15) is 9.90 Å². The number of rotatable bonds is 2. The quantitative estimate of drug-likeness (QED) is 0.727. The van der Waals surface area contributed by atoms with Crippen LogP contribution in [0.5, 0.6) is 0 Å². The minimum Gasteiger partial charge on any atom is -0.467 e. The van der Waals surface area contributed by atoms with Gasteiger partial charge in [0.15, 0.2) is 5.60 Å². The molecule has 0 amide bonds. The van der Waals surface area contributed by atoms with Crippen LogP contribution in [0.3, 0.4) is 0 Å². The average Bonchev–Trinajstić information content (AvgIpc) is 2.83. The number of hydrogen-bond acceptors (Lipinski definition) is 3. The molecule has 1 N–H and O–H groups in total. The molecule has 1 unspecified atom stereocenters. The van der Waals surface area contributed by atoms with Crippen molar-refractivity contribution in [2.75, 3.05) is 7.11 Å². The Hall–Kier alpha value is -2.13. The van der Waals surface area contributed by atoms with Crippen molar-refractivity contribution in [3.63, 3.8) is 0 Å². The average molecular weight is 268 g/mol. The third-order valence-electron chi connectivity index (χ3n) is 3.94. The first-order chi connectivity index (χ1) is 9.54. The van der Waals surface area contributed by atoms with E-state index in [-0.39, 0.29) is 0 Å². The molecule has 0 aliphatic heterocycles. The molecule has 2 aromatic carbocycles. The van der Waals surface area contributed by atoms with Gasteiger partial charge in [-0.05, 0) is 41.2 Å². The third-order valence-corrected chi connectivity index (χ3v) is 3.94. The fraction of sp³-hybridized carbons (Fsp3) is 0.235. The van der Waals surface area contributed by atoms with E-state index in [1.807, 2.05) is 24.3 Å². The van der Waals surface area contributed by atoms with Crippen LogP contribution in [0.15, 0.2) is 42.5 Å². The van der Waals surface area contributed by atoms with Gasteiger partial charge in [0, 0.05) is 0 Å². The maximum Gasteiger partial charge on any atom is 0.342 e.